The number of thioether (sulfide) groups is 1. The predicted molar refractivity (Wildman–Crippen MR) is 61.8 cm³/mol. The van der Waals surface area contributed by atoms with Crippen molar-refractivity contribution in [2.45, 2.75) is 24.7 Å². The van der Waals surface area contributed by atoms with Crippen LogP contribution in [0.15, 0.2) is 23.1 Å². The standard InChI is InChI=1S/C11H17NS/c1-4-6-9-7-5-8-10(13-3)11(9)12-2/h5,7-8,12H,4,6H2,1-3H3. The molecule has 1 nitrogen and oxygen atoms in total. The summed E-state index contributed by atoms with van der Waals surface area (Å²) in [5.74, 6) is 0. The first-order valence-corrected chi connectivity index (χ1v) is 5.89. The molecule has 0 atom stereocenters. The van der Waals surface area contributed by atoms with E-state index in [-0.39, 0.29) is 0 Å². The van der Waals surface area contributed by atoms with Gasteiger partial charge >= 0.3 is 0 Å². The molecule has 0 radical (unpaired) electrons. The van der Waals surface area contributed by atoms with E-state index in [2.05, 4.69) is 36.7 Å². The van der Waals surface area contributed by atoms with E-state index in [4.69, 9.17) is 0 Å². The lowest BCUT2D eigenvalue weighted by Gasteiger charge is -2.11. The van der Waals surface area contributed by atoms with Crippen molar-refractivity contribution in [2.24, 2.45) is 0 Å². The zero-order chi connectivity index (χ0) is 9.68. The largest absolute Gasteiger partial charge is 0.387 e. The summed E-state index contributed by atoms with van der Waals surface area (Å²) in [5.41, 5.74) is 2.73. The fraction of sp³-hybridized carbons (Fsp3) is 0.455. The van der Waals surface area contributed by atoms with Gasteiger partial charge < -0.3 is 5.32 Å². The first-order chi connectivity index (χ1) is 6.33. The van der Waals surface area contributed by atoms with Gasteiger partial charge in [-0.25, -0.2) is 0 Å². The van der Waals surface area contributed by atoms with Gasteiger partial charge in [-0.3, -0.25) is 0 Å². The average molecular weight is 195 g/mol. The van der Waals surface area contributed by atoms with Crippen LogP contribution in [0.4, 0.5) is 5.69 Å². The van der Waals surface area contributed by atoms with Crippen LogP contribution in [-0.4, -0.2) is 13.3 Å². The third-order valence-electron chi connectivity index (χ3n) is 2.10. The van der Waals surface area contributed by atoms with E-state index in [1.54, 1.807) is 11.8 Å². The molecule has 13 heavy (non-hydrogen) atoms. The molecular formula is C11H17NS. The van der Waals surface area contributed by atoms with Gasteiger partial charge in [0.1, 0.15) is 0 Å². The Morgan fingerprint density at radius 3 is 2.69 bits per heavy atom. The Balaban J connectivity index is 3.03. The summed E-state index contributed by atoms with van der Waals surface area (Å²) in [5, 5.41) is 3.28. The molecule has 1 aromatic rings. The van der Waals surface area contributed by atoms with E-state index in [1.807, 2.05) is 7.05 Å². The van der Waals surface area contributed by atoms with Crippen LogP contribution in [0, 0.1) is 0 Å². The van der Waals surface area contributed by atoms with Crippen molar-refractivity contribution in [3.05, 3.63) is 23.8 Å². The molecule has 2 heteroatoms. The molecule has 0 saturated heterocycles. The van der Waals surface area contributed by atoms with Crippen LogP contribution in [0.25, 0.3) is 0 Å². The first-order valence-electron chi connectivity index (χ1n) is 4.67. The van der Waals surface area contributed by atoms with Crippen LogP contribution < -0.4 is 5.32 Å². The molecule has 0 aliphatic heterocycles. The zero-order valence-corrected chi connectivity index (χ0v) is 9.37. The fourth-order valence-corrected chi connectivity index (χ4v) is 2.16. The van der Waals surface area contributed by atoms with Crippen molar-refractivity contribution in [3.8, 4) is 0 Å². The van der Waals surface area contributed by atoms with Crippen molar-refractivity contribution in [3.63, 3.8) is 0 Å². The topological polar surface area (TPSA) is 12.0 Å². The highest BCUT2D eigenvalue weighted by atomic mass is 32.2. The molecule has 0 heterocycles. The Labute approximate surface area is 84.9 Å². The van der Waals surface area contributed by atoms with E-state index in [1.165, 1.54) is 22.6 Å². The van der Waals surface area contributed by atoms with Crippen molar-refractivity contribution in [1.82, 2.24) is 0 Å². The van der Waals surface area contributed by atoms with Crippen molar-refractivity contribution < 1.29 is 0 Å². The lowest BCUT2D eigenvalue weighted by Crippen LogP contribution is -1.96. The lowest BCUT2D eigenvalue weighted by atomic mass is 10.1. The molecule has 0 aliphatic rings. The summed E-state index contributed by atoms with van der Waals surface area (Å²) in [6.45, 7) is 2.21. The SMILES string of the molecule is CCCc1cccc(SC)c1NC. The van der Waals surface area contributed by atoms with Gasteiger partial charge in [-0.2, -0.15) is 0 Å². The number of hydrogen-bond acceptors (Lipinski definition) is 2. The number of anilines is 1. The molecule has 0 bridgehead atoms. The molecule has 0 aliphatic carbocycles. The second-order valence-electron chi connectivity index (χ2n) is 2.99. The van der Waals surface area contributed by atoms with Crippen molar-refractivity contribution in [2.75, 3.05) is 18.6 Å². The van der Waals surface area contributed by atoms with Crippen molar-refractivity contribution >= 4 is 17.4 Å². The summed E-state index contributed by atoms with van der Waals surface area (Å²) in [6.07, 6.45) is 4.48. The molecule has 1 aromatic carbocycles. The highest BCUT2D eigenvalue weighted by Gasteiger charge is 2.04. The molecule has 0 spiro atoms. The predicted octanol–water partition coefficient (Wildman–Crippen LogP) is 3.40. The Morgan fingerprint density at radius 2 is 2.15 bits per heavy atom. The van der Waals surface area contributed by atoms with E-state index in [9.17, 15) is 0 Å². The third-order valence-corrected chi connectivity index (χ3v) is 2.88. The molecule has 0 aromatic heterocycles. The zero-order valence-electron chi connectivity index (χ0n) is 8.55. The van der Waals surface area contributed by atoms with Gasteiger partial charge in [0.25, 0.3) is 0 Å². The molecule has 0 unspecified atom stereocenters. The van der Waals surface area contributed by atoms with Crippen LogP contribution in [0.1, 0.15) is 18.9 Å². The maximum Gasteiger partial charge on any atom is 0.0508 e. The molecule has 0 amide bonds. The normalized spacial score (nSPS) is 10.1. The molecule has 1 N–H and O–H groups in total. The lowest BCUT2D eigenvalue weighted by molar-refractivity contribution is 0.919. The summed E-state index contributed by atoms with van der Waals surface area (Å²) in [6, 6.07) is 6.50. The minimum Gasteiger partial charge on any atom is -0.387 e. The van der Waals surface area contributed by atoms with Crippen LogP contribution in [0.3, 0.4) is 0 Å². The van der Waals surface area contributed by atoms with E-state index >= 15 is 0 Å². The summed E-state index contributed by atoms with van der Waals surface area (Å²) in [7, 11) is 1.99. The number of benzene rings is 1. The highest BCUT2D eigenvalue weighted by molar-refractivity contribution is 7.98. The smallest absolute Gasteiger partial charge is 0.0508 e. The van der Waals surface area contributed by atoms with Gasteiger partial charge in [-0.15, -0.1) is 11.8 Å². The molecule has 72 valence electrons. The first kappa shape index (κ1) is 10.5. The van der Waals surface area contributed by atoms with Gasteiger partial charge in [-0.1, -0.05) is 25.5 Å². The number of nitrogens with one attached hydrogen (secondary N) is 1. The Bertz CT molecular complexity index is 271. The van der Waals surface area contributed by atoms with Crippen LogP contribution in [0.5, 0.6) is 0 Å². The number of hydrogen-bond donors (Lipinski definition) is 1. The maximum atomic E-state index is 3.28. The Kier molecular flexibility index (Phi) is 4.16. The van der Waals surface area contributed by atoms with Crippen molar-refractivity contribution in [1.29, 1.82) is 0 Å². The van der Waals surface area contributed by atoms with Crippen LogP contribution in [-0.2, 0) is 6.42 Å². The van der Waals surface area contributed by atoms with Gasteiger partial charge in [0.2, 0.25) is 0 Å². The minimum atomic E-state index is 1.16. The fourth-order valence-electron chi connectivity index (χ4n) is 1.51. The summed E-state index contributed by atoms with van der Waals surface area (Å²) < 4.78 is 0. The van der Waals surface area contributed by atoms with Crippen LogP contribution >= 0.6 is 11.8 Å². The second kappa shape index (κ2) is 5.18. The third kappa shape index (κ3) is 2.41. The number of rotatable bonds is 4. The molecule has 0 fully saturated rings. The summed E-state index contributed by atoms with van der Waals surface area (Å²) >= 11 is 1.80. The van der Waals surface area contributed by atoms with Gasteiger partial charge in [0, 0.05) is 11.9 Å². The Morgan fingerprint density at radius 1 is 1.38 bits per heavy atom. The summed E-state index contributed by atoms with van der Waals surface area (Å²) in [4.78, 5) is 1.34. The Hall–Kier alpha value is -0.630. The number of para-hydroxylation sites is 1. The van der Waals surface area contributed by atoms with Gasteiger partial charge in [0.05, 0.1) is 5.69 Å². The van der Waals surface area contributed by atoms with E-state index in [0.29, 0.717) is 0 Å². The maximum absolute atomic E-state index is 3.28. The molecular weight excluding hydrogens is 178 g/mol. The van der Waals surface area contributed by atoms with E-state index < -0.39 is 0 Å². The monoisotopic (exact) mass is 195 g/mol. The minimum absolute atomic E-state index is 1.16. The van der Waals surface area contributed by atoms with Crippen LogP contribution in [0.2, 0.25) is 0 Å². The molecule has 1 rings (SSSR count). The van der Waals surface area contributed by atoms with Gasteiger partial charge in [0.15, 0.2) is 0 Å². The van der Waals surface area contributed by atoms with Gasteiger partial charge in [-0.05, 0) is 24.3 Å². The quantitative estimate of drug-likeness (QED) is 0.739. The van der Waals surface area contributed by atoms with E-state index in [0.717, 1.165) is 6.42 Å². The second-order valence-corrected chi connectivity index (χ2v) is 3.84. The highest BCUT2D eigenvalue weighted by Crippen LogP contribution is 2.29. The molecule has 0 saturated carbocycles. The average Bonchev–Trinajstić information content (AvgIpc) is 2.18. The number of aryl methyl sites for hydroxylation is 1.